The molecule has 0 aliphatic carbocycles. The zero-order chi connectivity index (χ0) is 9.84. The third-order valence-electron chi connectivity index (χ3n) is 2.69. The molecule has 0 aromatic heterocycles. The summed E-state index contributed by atoms with van der Waals surface area (Å²) >= 11 is 0. The average molecular weight is 180 g/mol. The van der Waals surface area contributed by atoms with Crippen molar-refractivity contribution in [1.82, 2.24) is 9.80 Å². The van der Waals surface area contributed by atoms with Crippen LogP contribution < -0.4 is 0 Å². The van der Waals surface area contributed by atoms with Gasteiger partial charge in [-0.1, -0.05) is 13.2 Å². The Balaban J connectivity index is 2.38. The zero-order valence-electron chi connectivity index (χ0n) is 8.79. The first-order chi connectivity index (χ1) is 6.15. The second-order valence-electron chi connectivity index (χ2n) is 3.81. The number of rotatable bonds is 3. The molecule has 0 saturated carbocycles. The van der Waals surface area contributed by atoms with Crippen LogP contribution in [0.1, 0.15) is 13.8 Å². The molecule has 0 bridgehead atoms. The van der Waals surface area contributed by atoms with Gasteiger partial charge in [0.2, 0.25) is 0 Å². The lowest BCUT2D eigenvalue weighted by Crippen LogP contribution is -2.47. The summed E-state index contributed by atoms with van der Waals surface area (Å²) in [6, 6.07) is 0.666. The van der Waals surface area contributed by atoms with E-state index in [4.69, 9.17) is 0 Å². The molecule has 0 radical (unpaired) electrons. The van der Waals surface area contributed by atoms with Gasteiger partial charge in [0, 0.05) is 37.9 Å². The van der Waals surface area contributed by atoms with Crippen molar-refractivity contribution in [2.75, 3.05) is 26.2 Å². The molecule has 0 aromatic rings. The van der Waals surface area contributed by atoms with E-state index in [0.717, 1.165) is 31.9 Å². The van der Waals surface area contributed by atoms with Crippen molar-refractivity contribution in [1.29, 1.82) is 0 Å². The van der Waals surface area contributed by atoms with Crippen molar-refractivity contribution in [2.24, 2.45) is 0 Å². The highest BCUT2D eigenvalue weighted by Crippen LogP contribution is 2.10. The molecule has 1 aliphatic rings. The normalized spacial score (nSPS) is 19.2. The van der Waals surface area contributed by atoms with Gasteiger partial charge in [-0.3, -0.25) is 4.90 Å². The minimum Gasteiger partial charge on any atom is -0.369 e. The fourth-order valence-electron chi connectivity index (χ4n) is 1.65. The summed E-state index contributed by atoms with van der Waals surface area (Å²) in [6.07, 6.45) is 1.84. The Labute approximate surface area is 81.5 Å². The molecule has 74 valence electrons. The summed E-state index contributed by atoms with van der Waals surface area (Å²) < 4.78 is 0. The molecule has 0 N–H and O–H groups in total. The number of allylic oxidation sites excluding steroid dienone is 1. The largest absolute Gasteiger partial charge is 0.369 e. The Hall–Kier alpha value is -0.760. The molecule has 1 saturated heterocycles. The van der Waals surface area contributed by atoms with Gasteiger partial charge in [-0.15, -0.1) is 0 Å². The first-order valence-corrected chi connectivity index (χ1v) is 4.95. The van der Waals surface area contributed by atoms with Crippen LogP contribution in [0.15, 0.2) is 24.9 Å². The van der Waals surface area contributed by atoms with Crippen LogP contribution in [0.4, 0.5) is 0 Å². The topological polar surface area (TPSA) is 6.48 Å². The lowest BCUT2D eigenvalue weighted by Gasteiger charge is -2.38. The fourth-order valence-corrected chi connectivity index (χ4v) is 1.65. The number of hydrogen-bond acceptors (Lipinski definition) is 2. The first kappa shape index (κ1) is 10.3. The monoisotopic (exact) mass is 180 g/mol. The van der Waals surface area contributed by atoms with Crippen molar-refractivity contribution >= 4 is 0 Å². The molecule has 0 spiro atoms. The molecule has 13 heavy (non-hydrogen) atoms. The lowest BCUT2D eigenvalue weighted by atomic mass is 10.2. The highest BCUT2D eigenvalue weighted by atomic mass is 15.3. The van der Waals surface area contributed by atoms with Crippen LogP contribution >= 0.6 is 0 Å². The van der Waals surface area contributed by atoms with E-state index < -0.39 is 0 Å². The Bertz CT molecular complexity index is 188. The highest BCUT2D eigenvalue weighted by Gasteiger charge is 2.18. The zero-order valence-corrected chi connectivity index (χ0v) is 8.79. The molecule has 1 aliphatic heterocycles. The van der Waals surface area contributed by atoms with Gasteiger partial charge < -0.3 is 4.90 Å². The van der Waals surface area contributed by atoms with Crippen LogP contribution in [0, 0.1) is 0 Å². The van der Waals surface area contributed by atoms with Gasteiger partial charge in [0.15, 0.2) is 0 Å². The Morgan fingerprint density at radius 1 is 1.23 bits per heavy atom. The molecule has 1 heterocycles. The minimum absolute atomic E-state index is 0.666. The summed E-state index contributed by atoms with van der Waals surface area (Å²) in [5, 5.41) is 0. The van der Waals surface area contributed by atoms with Crippen molar-refractivity contribution in [3.63, 3.8) is 0 Å². The van der Waals surface area contributed by atoms with Crippen molar-refractivity contribution in [2.45, 2.75) is 19.9 Å². The predicted octanol–water partition coefficient (Wildman–Crippen LogP) is 1.71. The smallest absolute Gasteiger partial charge is 0.0306 e. The van der Waals surface area contributed by atoms with Crippen LogP contribution in [-0.4, -0.2) is 42.0 Å². The predicted molar refractivity (Wildman–Crippen MR) is 57.6 cm³/mol. The average Bonchev–Trinajstić information content (AvgIpc) is 2.17. The Kier molecular flexibility index (Phi) is 3.55. The van der Waals surface area contributed by atoms with Crippen molar-refractivity contribution in [3.8, 4) is 0 Å². The SMILES string of the molecule is C=CC(=C)N1CCN(C(C)C)CC1. The maximum absolute atomic E-state index is 3.96. The Morgan fingerprint density at radius 2 is 1.77 bits per heavy atom. The quantitative estimate of drug-likeness (QED) is 0.610. The molecule has 0 aromatic carbocycles. The second kappa shape index (κ2) is 4.47. The maximum Gasteiger partial charge on any atom is 0.0306 e. The molecule has 2 heteroatoms. The molecule has 0 unspecified atom stereocenters. The van der Waals surface area contributed by atoms with E-state index in [1.54, 1.807) is 0 Å². The standard InChI is InChI=1S/C11H20N2/c1-5-11(4)13-8-6-12(7-9-13)10(2)3/h5,10H,1,4,6-9H2,2-3H3. The summed E-state index contributed by atoms with van der Waals surface area (Å²) in [5.41, 5.74) is 1.06. The van der Waals surface area contributed by atoms with Gasteiger partial charge in [0.05, 0.1) is 0 Å². The molecule has 0 amide bonds. The number of nitrogens with zero attached hydrogens (tertiary/aromatic N) is 2. The van der Waals surface area contributed by atoms with E-state index in [1.165, 1.54) is 0 Å². The Morgan fingerprint density at radius 3 is 2.15 bits per heavy atom. The molecular weight excluding hydrogens is 160 g/mol. The van der Waals surface area contributed by atoms with Crippen molar-refractivity contribution in [3.05, 3.63) is 24.9 Å². The summed E-state index contributed by atoms with van der Waals surface area (Å²) in [4.78, 5) is 4.79. The van der Waals surface area contributed by atoms with Gasteiger partial charge >= 0.3 is 0 Å². The van der Waals surface area contributed by atoms with E-state index in [0.29, 0.717) is 6.04 Å². The van der Waals surface area contributed by atoms with E-state index >= 15 is 0 Å². The van der Waals surface area contributed by atoms with E-state index in [-0.39, 0.29) is 0 Å². The lowest BCUT2D eigenvalue weighted by molar-refractivity contribution is 0.133. The van der Waals surface area contributed by atoms with Crippen LogP contribution in [0.5, 0.6) is 0 Å². The molecule has 1 rings (SSSR count). The molecule has 0 atom stereocenters. The summed E-state index contributed by atoms with van der Waals surface area (Å²) in [5.74, 6) is 0. The van der Waals surface area contributed by atoms with Crippen LogP contribution in [0.3, 0.4) is 0 Å². The minimum atomic E-state index is 0.666. The molecule has 2 nitrogen and oxygen atoms in total. The third kappa shape index (κ3) is 2.59. The highest BCUT2D eigenvalue weighted by molar-refractivity contribution is 5.10. The third-order valence-corrected chi connectivity index (χ3v) is 2.69. The van der Waals surface area contributed by atoms with Crippen LogP contribution in [0.25, 0.3) is 0 Å². The van der Waals surface area contributed by atoms with E-state index in [9.17, 15) is 0 Å². The summed E-state index contributed by atoms with van der Waals surface area (Å²) in [7, 11) is 0. The van der Waals surface area contributed by atoms with E-state index in [1.807, 2.05) is 6.08 Å². The molecular formula is C11H20N2. The number of hydrogen-bond donors (Lipinski definition) is 0. The van der Waals surface area contributed by atoms with Gasteiger partial charge in [-0.2, -0.15) is 0 Å². The summed E-state index contributed by atoms with van der Waals surface area (Å²) in [6.45, 7) is 16.6. The van der Waals surface area contributed by atoms with E-state index in [2.05, 4.69) is 36.8 Å². The van der Waals surface area contributed by atoms with Gasteiger partial charge in [0.25, 0.3) is 0 Å². The number of piperazine rings is 1. The maximum atomic E-state index is 3.96. The second-order valence-corrected chi connectivity index (χ2v) is 3.81. The van der Waals surface area contributed by atoms with Gasteiger partial charge in [0.1, 0.15) is 0 Å². The van der Waals surface area contributed by atoms with Gasteiger partial charge in [-0.05, 0) is 19.9 Å². The molecule has 1 fully saturated rings. The fraction of sp³-hybridized carbons (Fsp3) is 0.636. The van der Waals surface area contributed by atoms with Gasteiger partial charge in [-0.25, -0.2) is 0 Å². The van der Waals surface area contributed by atoms with Crippen molar-refractivity contribution < 1.29 is 0 Å². The van der Waals surface area contributed by atoms with Crippen LogP contribution in [0.2, 0.25) is 0 Å². The van der Waals surface area contributed by atoms with Crippen LogP contribution in [-0.2, 0) is 0 Å². The first-order valence-electron chi connectivity index (χ1n) is 4.95.